The molecule has 2 heterocycles. The highest BCUT2D eigenvalue weighted by atomic mass is 16.7. The van der Waals surface area contributed by atoms with Crippen molar-refractivity contribution in [3.05, 3.63) is 17.7 Å². The summed E-state index contributed by atoms with van der Waals surface area (Å²) in [4.78, 5) is 19.0. The number of rotatable bonds is 2. The van der Waals surface area contributed by atoms with Crippen molar-refractivity contribution in [3.63, 3.8) is 0 Å². The van der Waals surface area contributed by atoms with Gasteiger partial charge in [0, 0.05) is 17.4 Å². The quantitative estimate of drug-likeness (QED) is 0.769. The molecule has 0 aromatic carbocycles. The SMILES string of the molecule is Cc1nc(C(N)=O)ncc1B1OC(C)(C)C(C)(C)O1. The molecule has 2 N–H and O–H groups in total. The van der Waals surface area contributed by atoms with Gasteiger partial charge in [0.15, 0.2) is 0 Å². The zero-order chi connectivity index (χ0) is 14.4. The molecule has 1 amide bonds. The summed E-state index contributed by atoms with van der Waals surface area (Å²) in [6.45, 7) is 9.67. The van der Waals surface area contributed by atoms with Crippen molar-refractivity contribution in [1.29, 1.82) is 0 Å². The van der Waals surface area contributed by atoms with E-state index in [9.17, 15) is 4.79 Å². The first kappa shape index (κ1) is 14.0. The van der Waals surface area contributed by atoms with E-state index in [2.05, 4.69) is 9.97 Å². The van der Waals surface area contributed by atoms with Crippen LogP contribution in [0.3, 0.4) is 0 Å². The minimum Gasteiger partial charge on any atom is -0.399 e. The Morgan fingerprint density at radius 1 is 1.26 bits per heavy atom. The van der Waals surface area contributed by atoms with E-state index < -0.39 is 24.2 Å². The largest absolute Gasteiger partial charge is 0.498 e. The second-order valence-corrected chi connectivity index (χ2v) is 5.69. The van der Waals surface area contributed by atoms with Gasteiger partial charge in [0.25, 0.3) is 5.91 Å². The fourth-order valence-electron chi connectivity index (χ4n) is 1.80. The van der Waals surface area contributed by atoms with Crippen molar-refractivity contribution < 1.29 is 14.1 Å². The van der Waals surface area contributed by atoms with Gasteiger partial charge in [-0.1, -0.05) is 0 Å². The standard InChI is InChI=1S/C12H18BN3O3/c1-7-8(6-15-10(16-7)9(14)17)13-18-11(2,3)12(4,5)19-13/h6H,1-5H3,(H2,14,17). The van der Waals surface area contributed by atoms with Gasteiger partial charge in [-0.05, 0) is 34.6 Å². The van der Waals surface area contributed by atoms with E-state index in [1.165, 1.54) is 6.20 Å². The fraction of sp³-hybridized carbons (Fsp3) is 0.583. The smallest absolute Gasteiger partial charge is 0.399 e. The molecule has 19 heavy (non-hydrogen) atoms. The maximum absolute atomic E-state index is 11.0. The average molecular weight is 263 g/mol. The van der Waals surface area contributed by atoms with Crippen LogP contribution in [0.5, 0.6) is 0 Å². The first-order valence-electron chi connectivity index (χ1n) is 6.13. The second-order valence-electron chi connectivity index (χ2n) is 5.69. The van der Waals surface area contributed by atoms with E-state index in [4.69, 9.17) is 15.0 Å². The van der Waals surface area contributed by atoms with E-state index in [-0.39, 0.29) is 5.82 Å². The average Bonchev–Trinajstić information content (AvgIpc) is 2.47. The fourth-order valence-corrected chi connectivity index (χ4v) is 1.80. The lowest BCUT2D eigenvalue weighted by atomic mass is 9.79. The number of nitrogens with two attached hydrogens (primary N) is 1. The maximum Gasteiger partial charge on any atom is 0.498 e. The van der Waals surface area contributed by atoms with E-state index in [1.807, 2.05) is 27.7 Å². The normalized spacial score (nSPS) is 20.6. The van der Waals surface area contributed by atoms with Crippen LogP contribution in [0.1, 0.15) is 44.0 Å². The molecule has 0 atom stereocenters. The van der Waals surface area contributed by atoms with Crippen LogP contribution in [0.15, 0.2) is 6.20 Å². The molecule has 0 unspecified atom stereocenters. The number of primary amides is 1. The zero-order valence-electron chi connectivity index (χ0n) is 11.9. The number of carbonyl (C=O) groups excluding carboxylic acids is 1. The molecule has 1 aromatic heterocycles. The summed E-state index contributed by atoms with van der Waals surface area (Å²) < 4.78 is 11.8. The molecule has 1 fully saturated rings. The molecule has 1 aliphatic rings. The number of aryl methyl sites for hydroxylation is 1. The lowest BCUT2D eigenvalue weighted by Crippen LogP contribution is -2.41. The molecular formula is C12H18BN3O3. The first-order chi connectivity index (χ1) is 8.64. The van der Waals surface area contributed by atoms with E-state index in [0.717, 1.165) is 0 Å². The molecule has 0 aliphatic carbocycles. The summed E-state index contributed by atoms with van der Waals surface area (Å²) in [5, 5.41) is 0. The molecule has 1 saturated heterocycles. The third kappa shape index (κ3) is 2.35. The van der Waals surface area contributed by atoms with Gasteiger partial charge < -0.3 is 15.0 Å². The van der Waals surface area contributed by atoms with E-state index >= 15 is 0 Å². The molecule has 7 heteroatoms. The van der Waals surface area contributed by atoms with Gasteiger partial charge in [-0.3, -0.25) is 4.79 Å². The van der Waals surface area contributed by atoms with Crippen molar-refractivity contribution in [2.75, 3.05) is 0 Å². The number of hydrogen-bond acceptors (Lipinski definition) is 5. The predicted molar refractivity (Wildman–Crippen MR) is 71.0 cm³/mol. The number of hydrogen-bond donors (Lipinski definition) is 1. The Morgan fingerprint density at radius 3 is 2.21 bits per heavy atom. The molecule has 2 rings (SSSR count). The van der Waals surface area contributed by atoms with Crippen LogP contribution in [0.25, 0.3) is 0 Å². The van der Waals surface area contributed by atoms with Crippen LogP contribution >= 0.6 is 0 Å². The topological polar surface area (TPSA) is 87.3 Å². The maximum atomic E-state index is 11.0. The van der Waals surface area contributed by atoms with Gasteiger partial charge in [0.05, 0.1) is 11.2 Å². The zero-order valence-corrected chi connectivity index (χ0v) is 11.9. The van der Waals surface area contributed by atoms with Crippen LogP contribution in [0.4, 0.5) is 0 Å². The molecule has 6 nitrogen and oxygen atoms in total. The minimum absolute atomic E-state index is 0.00207. The van der Waals surface area contributed by atoms with E-state index in [0.29, 0.717) is 11.2 Å². The van der Waals surface area contributed by atoms with Gasteiger partial charge >= 0.3 is 7.12 Å². The van der Waals surface area contributed by atoms with Crippen LogP contribution in [-0.2, 0) is 9.31 Å². The van der Waals surface area contributed by atoms with Crippen LogP contribution in [-0.4, -0.2) is 34.2 Å². The highest BCUT2D eigenvalue weighted by Crippen LogP contribution is 2.36. The summed E-state index contributed by atoms with van der Waals surface area (Å²) in [5.74, 6) is -0.652. The Kier molecular flexibility index (Phi) is 3.14. The van der Waals surface area contributed by atoms with Crippen molar-refractivity contribution in [2.45, 2.75) is 45.8 Å². The van der Waals surface area contributed by atoms with Crippen molar-refractivity contribution in [2.24, 2.45) is 5.73 Å². The van der Waals surface area contributed by atoms with Crippen molar-refractivity contribution >= 4 is 18.5 Å². The lowest BCUT2D eigenvalue weighted by molar-refractivity contribution is 0.00578. The predicted octanol–water partition coefficient (Wildman–Crippen LogP) is 0.183. The number of amides is 1. The Morgan fingerprint density at radius 2 is 1.79 bits per heavy atom. The molecule has 0 spiro atoms. The van der Waals surface area contributed by atoms with Crippen LogP contribution in [0.2, 0.25) is 0 Å². The summed E-state index contributed by atoms with van der Waals surface area (Å²) in [7, 11) is -0.535. The van der Waals surface area contributed by atoms with Gasteiger partial charge in [0.2, 0.25) is 5.82 Å². The summed E-state index contributed by atoms with van der Waals surface area (Å²) >= 11 is 0. The van der Waals surface area contributed by atoms with Crippen molar-refractivity contribution in [1.82, 2.24) is 9.97 Å². The Hall–Kier alpha value is -1.47. The number of aromatic nitrogens is 2. The minimum atomic E-state index is -0.649. The van der Waals surface area contributed by atoms with Gasteiger partial charge in [-0.2, -0.15) is 0 Å². The van der Waals surface area contributed by atoms with Gasteiger partial charge in [-0.15, -0.1) is 0 Å². The Labute approximate surface area is 112 Å². The third-order valence-electron chi connectivity index (χ3n) is 3.74. The Bertz CT molecular complexity index is 515. The van der Waals surface area contributed by atoms with Crippen LogP contribution in [0, 0.1) is 6.92 Å². The molecule has 0 saturated carbocycles. The first-order valence-corrected chi connectivity index (χ1v) is 6.13. The monoisotopic (exact) mass is 263 g/mol. The summed E-state index contributed by atoms with van der Waals surface area (Å²) in [6.07, 6.45) is 1.53. The molecule has 0 radical (unpaired) electrons. The molecule has 1 aromatic rings. The Balaban J connectivity index is 2.33. The molecule has 102 valence electrons. The molecule has 1 aliphatic heterocycles. The molecule has 0 bridgehead atoms. The van der Waals surface area contributed by atoms with Crippen LogP contribution < -0.4 is 11.2 Å². The van der Waals surface area contributed by atoms with Crippen molar-refractivity contribution in [3.8, 4) is 0 Å². The van der Waals surface area contributed by atoms with Gasteiger partial charge in [-0.25, -0.2) is 9.97 Å². The molecular weight excluding hydrogens is 245 g/mol. The third-order valence-corrected chi connectivity index (χ3v) is 3.74. The van der Waals surface area contributed by atoms with E-state index in [1.54, 1.807) is 6.92 Å². The van der Waals surface area contributed by atoms with Gasteiger partial charge in [0.1, 0.15) is 0 Å². The highest BCUT2D eigenvalue weighted by molar-refractivity contribution is 6.62. The summed E-state index contributed by atoms with van der Waals surface area (Å²) in [5.41, 5.74) is 5.64. The number of carbonyl (C=O) groups is 1. The summed E-state index contributed by atoms with van der Waals surface area (Å²) in [6, 6.07) is 0. The second kappa shape index (κ2) is 4.28. The number of nitrogens with zero attached hydrogens (tertiary/aromatic N) is 2. The highest BCUT2D eigenvalue weighted by Gasteiger charge is 2.52. The lowest BCUT2D eigenvalue weighted by Gasteiger charge is -2.32.